The number of piperidine rings is 1. The van der Waals surface area contributed by atoms with Crippen LogP contribution in [0, 0.1) is 25.2 Å². The fraction of sp³-hybridized carbons (Fsp3) is 0.733. The molecule has 1 atom stereocenters. The van der Waals surface area contributed by atoms with Crippen LogP contribution in [-0.2, 0) is 11.3 Å². The van der Waals surface area contributed by atoms with Crippen LogP contribution in [0.4, 0.5) is 0 Å². The van der Waals surface area contributed by atoms with Crippen LogP contribution in [0.3, 0.4) is 0 Å². The van der Waals surface area contributed by atoms with Gasteiger partial charge in [0.25, 0.3) is 0 Å². The van der Waals surface area contributed by atoms with Crippen molar-refractivity contribution in [3.63, 3.8) is 0 Å². The Balaban J connectivity index is 1.63. The van der Waals surface area contributed by atoms with E-state index < -0.39 is 0 Å². The average molecular weight is 277 g/mol. The molecule has 0 unspecified atom stereocenters. The number of rotatable bonds is 3. The van der Waals surface area contributed by atoms with Crippen molar-refractivity contribution < 1.29 is 9.32 Å². The molecule has 110 valence electrons. The maximum absolute atomic E-state index is 12.6. The lowest BCUT2D eigenvalue weighted by Gasteiger charge is -2.25. The quantitative estimate of drug-likeness (QED) is 0.912. The minimum atomic E-state index is 0.232. The number of hydrogen-bond acceptors (Lipinski definition) is 4. The van der Waals surface area contributed by atoms with Crippen LogP contribution in [-0.4, -0.2) is 36.1 Å². The van der Waals surface area contributed by atoms with Gasteiger partial charge >= 0.3 is 0 Å². The van der Waals surface area contributed by atoms with Crippen molar-refractivity contribution in [2.45, 2.75) is 39.7 Å². The summed E-state index contributed by atoms with van der Waals surface area (Å²) in [6, 6.07) is 0. The molecule has 3 rings (SSSR count). The summed E-state index contributed by atoms with van der Waals surface area (Å²) in [5.41, 5.74) is 2.23. The highest BCUT2D eigenvalue weighted by molar-refractivity contribution is 5.82. The van der Waals surface area contributed by atoms with E-state index >= 15 is 0 Å². The van der Waals surface area contributed by atoms with E-state index in [-0.39, 0.29) is 11.8 Å². The highest BCUT2D eigenvalue weighted by atomic mass is 16.5. The normalized spacial score (nSPS) is 23.9. The summed E-state index contributed by atoms with van der Waals surface area (Å²) in [7, 11) is 1.89. The fourth-order valence-corrected chi connectivity index (χ4v) is 3.48. The second-order valence-electron chi connectivity index (χ2n) is 6.37. The van der Waals surface area contributed by atoms with Crippen molar-refractivity contribution in [2.24, 2.45) is 11.3 Å². The minimum absolute atomic E-state index is 0.232. The standard InChI is InChI=1S/C15H23N3O2/c1-10-12(11(2)20-17-10)9-18(3)14(19)13-8-15(13)4-6-16-7-5-15/h13,16H,4-9H2,1-3H3/t13-/m0/s1. The van der Waals surface area contributed by atoms with Crippen LogP contribution in [0.2, 0.25) is 0 Å². The molecule has 2 fully saturated rings. The molecule has 1 saturated heterocycles. The van der Waals surface area contributed by atoms with Gasteiger partial charge in [-0.05, 0) is 51.6 Å². The molecule has 20 heavy (non-hydrogen) atoms. The molecule has 5 nitrogen and oxygen atoms in total. The van der Waals surface area contributed by atoms with E-state index in [0.29, 0.717) is 12.0 Å². The van der Waals surface area contributed by atoms with Crippen molar-refractivity contribution in [2.75, 3.05) is 20.1 Å². The summed E-state index contributed by atoms with van der Waals surface area (Å²) in [6.07, 6.45) is 3.35. The van der Waals surface area contributed by atoms with Gasteiger partial charge in [0.2, 0.25) is 5.91 Å². The van der Waals surface area contributed by atoms with Crippen LogP contribution >= 0.6 is 0 Å². The van der Waals surface area contributed by atoms with Crippen LogP contribution in [0.15, 0.2) is 4.52 Å². The lowest BCUT2D eigenvalue weighted by molar-refractivity contribution is -0.132. The number of aryl methyl sites for hydroxylation is 2. The summed E-state index contributed by atoms with van der Waals surface area (Å²) in [5.74, 6) is 1.33. The van der Waals surface area contributed by atoms with E-state index in [0.717, 1.165) is 49.4 Å². The van der Waals surface area contributed by atoms with Crippen molar-refractivity contribution in [3.8, 4) is 0 Å². The molecule has 0 bridgehead atoms. The molecular formula is C15H23N3O2. The zero-order chi connectivity index (χ0) is 14.3. The Kier molecular flexibility index (Phi) is 3.32. The zero-order valence-corrected chi connectivity index (χ0v) is 12.5. The summed E-state index contributed by atoms with van der Waals surface area (Å²) >= 11 is 0. The lowest BCUT2D eigenvalue weighted by Crippen LogP contribution is -2.34. The predicted octanol–water partition coefficient (Wildman–Crippen LogP) is 1.64. The molecule has 1 aromatic heterocycles. The van der Waals surface area contributed by atoms with Crippen LogP contribution in [0.5, 0.6) is 0 Å². The molecule has 1 aliphatic heterocycles. The highest BCUT2D eigenvalue weighted by Crippen LogP contribution is 2.59. The Morgan fingerprint density at radius 3 is 2.75 bits per heavy atom. The second kappa shape index (κ2) is 4.88. The molecule has 1 amide bonds. The van der Waals surface area contributed by atoms with Gasteiger partial charge in [0.15, 0.2) is 0 Å². The predicted molar refractivity (Wildman–Crippen MR) is 75.1 cm³/mol. The summed E-state index contributed by atoms with van der Waals surface area (Å²) < 4.78 is 5.17. The molecule has 1 saturated carbocycles. The molecule has 5 heteroatoms. The first-order chi connectivity index (χ1) is 9.53. The number of nitrogens with zero attached hydrogens (tertiary/aromatic N) is 2. The van der Waals surface area contributed by atoms with Gasteiger partial charge in [-0.1, -0.05) is 5.16 Å². The van der Waals surface area contributed by atoms with Gasteiger partial charge in [-0.25, -0.2) is 0 Å². The number of hydrogen-bond donors (Lipinski definition) is 1. The van der Waals surface area contributed by atoms with Crippen LogP contribution in [0.25, 0.3) is 0 Å². The molecule has 1 aromatic rings. The highest BCUT2D eigenvalue weighted by Gasteiger charge is 2.58. The molecule has 2 aliphatic rings. The molecule has 0 radical (unpaired) electrons. The smallest absolute Gasteiger partial charge is 0.226 e. The van der Waals surface area contributed by atoms with Crippen molar-refractivity contribution in [1.29, 1.82) is 0 Å². The van der Waals surface area contributed by atoms with Gasteiger partial charge in [-0.15, -0.1) is 0 Å². The Morgan fingerprint density at radius 1 is 1.45 bits per heavy atom. The van der Waals surface area contributed by atoms with E-state index in [4.69, 9.17) is 4.52 Å². The maximum atomic E-state index is 12.6. The maximum Gasteiger partial charge on any atom is 0.226 e. The SMILES string of the molecule is Cc1noc(C)c1CN(C)C(=O)[C@@H]1CC12CCNCC2. The summed E-state index contributed by atoms with van der Waals surface area (Å²) in [5, 5.41) is 7.33. The van der Waals surface area contributed by atoms with Gasteiger partial charge < -0.3 is 14.7 Å². The minimum Gasteiger partial charge on any atom is -0.361 e. The number of nitrogens with one attached hydrogen (secondary N) is 1. The first kappa shape index (κ1) is 13.6. The van der Waals surface area contributed by atoms with Crippen molar-refractivity contribution >= 4 is 5.91 Å². The fourth-order valence-electron chi connectivity index (χ4n) is 3.48. The van der Waals surface area contributed by atoms with E-state index in [9.17, 15) is 4.79 Å². The largest absolute Gasteiger partial charge is 0.361 e. The van der Waals surface area contributed by atoms with E-state index in [1.54, 1.807) is 0 Å². The monoisotopic (exact) mass is 277 g/mol. The molecule has 1 aliphatic carbocycles. The zero-order valence-electron chi connectivity index (χ0n) is 12.5. The van der Waals surface area contributed by atoms with Gasteiger partial charge in [0.1, 0.15) is 5.76 Å². The second-order valence-corrected chi connectivity index (χ2v) is 6.37. The first-order valence-electron chi connectivity index (χ1n) is 7.41. The molecule has 0 aromatic carbocycles. The summed E-state index contributed by atoms with van der Waals surface area (Å²) in [6.45, 7) is 6.54. The number of carbonyl (C=O) groups is 1. The van der Waals surface area contributed by atoms with Gasteiger partial charge in [0, 0.05) is 18.5 Å². The van der Waals surface area contributed by atoms with Crippen molar-refractivity contribution in [3.05, 3.63) is 17.0 Å². The summed E-state index contributed by atoms with van der Waals surface area (Å²) in [4.78, 5) is 14.4. The number of aromatic nitrogens is 1. The van der Waals surface area contributed by atoms with Gasteiger partial charge in [-0.2, -0.15) is 0 Å². The Hall–Kier alpha value is -1.36. The van der Waals surface area contributed by atoms with Gasteiger partial charge in [0.05, 0.1) is 12.2 Å². The lowest BCUT2D eigenvalue weighted by atomic mass is 9.91. The topological polar surface area (TPSA) is 58.4 Å². The molecule has 2 heterocycles. The van der Waals surface area contributed by atoms with Crippen LogP contribution in [0.1, 0.15) is 36.3 Å². The number of carbonyl (C=O) groups excluding carboxylic acids is 1. The average Bonchev–Trinajstić information content (AvgIpc) is 3.04. The Bertz CT molecular complexity index is 498. The Morgan fingerprint density at radius 2 is 2.15 bits per heavy atom. The Labute approximate surface area is 119 Å². The van der Waals surface area contributed by atoms with E-state index in [1.165, 1.54) is 0 Å². The van der Waals surface area contributed by atoms with E-state index in [1.807, 2.05) is 25.8 Å². The van der Waals surface area contributed by atoms with Gasteiger partial charge in [-0.3, -0.25) is 4.79 Å². The van der Waals surface area contributed by atoms with Crippen LogP contribution < -0.4 is 5.32 Å². The third-order valence-corrected chi connectivity index (χ3v) is 5.04. The number of amides is 1. The molecular weight excluding hydrogens is 254 g/mol. The first-order valence-corrected chi connectivity index (χ1v) is 7.41. The third-order valence-electron chi connectivity index (χ3n) is 5.04. The third kappa shape index (κ3) is 2.24. The van der Waals surface area contributed by atoms with E-state index in [2.05, 4.69) is 10.5 Å². The molecule has 1 spiro atoms. The van der Waals surface area contributed by atoms with Crippen molar-refractivity contribution in [1.82, 2.24) is 15.4 Å². The molecule has 1 N–H and O–H groups in total.